The van der Waals surface area contributed by atoms with Crippen molar-refractivity contribution >= 4 is 54.7 Å². The molecule has 1 heterocycles. The topological polar surface area (TPSA) is 118 Å². The molecule has 0 N–H and O–H groups in total. The summed E-state index contributed by atoms with van der Waals surface area (Å²) in [5.41, 5.74) is 3.46. The molecule has 12 heteroatoms. The largest absolute Gasteiger partial charge is 0.494 e. The van der Waals surface area contributed by atoms with Gasteiger partial charge >= 0.3 is 5.69 Å². The Hall–Kier alpha value is -4.55. The monoisotopic (exact) mass is 762 g/mol. The molecule has 4 aromatic carbocycles. The Kier molecular flexibility index (Phi) is 10.4. The van der Waals surface area contributed by atoms with Gasteiger partial charge in [0.05, 0.1) is 35.8 Å². The van der Waals surface area contributed by atoms with Crippen LogP contribution >= 0.6 is 31.9 Å². The Morgan fingerprint density at radius 2 is 1.81 bits per heavy atom. The van der Waals surface area contributed by atoms with Gasteiger partial charge in [0.2, 0.25) is 5.75 Å². The first kappa shape index (κ1) is 33.8. The number of methoxy groups -OCH3 is 1. The first-order chi connectivity index (χ1) is 22.5. The Bertz CT molecular complexity index is 2080. The first-order valence-electron chi connectivity index (χ1n) is 14.8. The zero-order chi connectivity index (χ0) is 33.8. The van der Waals surface area contributed by atoms with E-state index in [0.29, 0.717) is 34.5 Å². The fraction of sp³-hybridized carbons (Fsp3) is 0.229. The molecule has 0 bridgehead atoms. The van der Waals surface area contributed by atoms with Gasteiger partial charge in [-0.2, -0.15) is 9.78 Å². The molecule has 5 aromatic rings. The highest BCUT2D eigenvalue weighted by Crippen LogP contribution is 2.39. The Morgan fingerprint density at radius 3 is 2.49 bits per heavy atom. The van der Waals surface area contributed by atoms with Gasteiger partial charge in [-0.1, -0.05) is 63.9 Å². The van der Waals surface area contributed by atoms with Crippen LogP contribution in [0.25, 0.3) is 22.3 Å². The van der Waals surface area contributed by atoms with Gasteiger partial charge in [0, 0.05) is 31.7 Å². The Morgan fingerprint density at radius 1 is 1.04 bits per heavy atom. The van der Waals surface area contributed by atoms with Crippen molar-refractivity contribution in [3.8, 4) is 28.6 Å². The second-order valence-corrected chi connectivity index (χ2v) is 12.7. The molecule has 0 aliphatic rings. The number of rotatable bonds is 11. The van der Waals surface area contributed by atoms with Crippen molar-refractivity contribution in [2.45, 2.75) is 40.2 Å². The SMILES string of the molecule is CCOc1cc(C)c(-c2nc3ccccc3c(=O)n2N=Cc2cc(OC)c(OCc3ccc(Br)cc3Br)c([N+](=O)[O-])c2)cc1C(C)C. The molecule has 5 rings (SSSR count). The van der Waals surface area contributed by atoms with E-state index in [-0.39, 0.29) is 35.3 Å². The number of aromatic nitrogens is 2. The molecule has 0 fully saturated rings. The highest BCUT2D eigenvalue weighted by atomic mass is 79.9. The number of aryl methyl sites for hydroxylation is 1. The molecule has 0 saturated heterocycles. The fourth-order valence-corrected chi connectivity index (χ4v) is 6.27. The van der Waals surface area contributed by atoms with E-state index in [9.17, 15) is 14.9 Å². The minimum absolute atomic E-state index is 0.0269. The molecular weight excluding hydrogens is 732 g/mol. The highest BCUT2D eigenvalue weighted by Gasteiger charge is 2.23. The van der Waals surface area contributed by atoms with Crippen molar-refractivity contribution < 1.29 is 19.1 Å². The summed E-state index contributed by atoms with van der Waals surface area (Å²) in [6.07, 6.45) is 1.37. The number of hydrogen-bond acceptors (Lipinski definition) is 8. The van der Waals surface area contributed by atoms with Crippen LogP contribution in [0.3, 0.4) is 0 Å². The lowest BCUT2D eigenvalue weighted by atomic mass is 9.96. The van der Waals surface area contributed by atoms with Gasteiger partial charge < -0.3 is 14.2 Å². The number of nitro benzene ring substituents is 1. The summed E-state index contributed by atoms with van der Waals surface area (Å²) in [6.45, 7) is 8.58. The molecule has 0 atom stereocenters. The van der Waals surface area contributed by atoms with E-state index in [1.807, 2.05) is 50.2 Å². The van der Waals surface area contributed by atoms with Crippen molar-refractivity contribution in [3.63, 3.8) is 0 Å². The Balaban J connectivity index is 1.63. The molecule has 0 unspecified atom stereocenters. The number of benzene rings is 4. The lowest BCUT2D eigenvalue weighted by Gasteiger charge is -2.18. The number of nitrogens with zero attached hydrogens (tertiary/aromatic N) is 4. The number of fused-ring (bicyclic) bond motifs is 1. The maximum atomic E-state index is 13.9. The lowest BCUT2D eigenvalue weighted by Crippen LogP contribution is -2.21. The van der Waals surface area contributed by atoms with E-state index in [0.717, 1.165) is 31.4 Å². The average molecular weight is 764 g/mol. The first-order valence-corrected chi connectivity index (χ1v) is 16.4. The molecule has 0 saturated carbocycles. The summed E-state index contributed by atoms with van der Waals surface area (Å²) in [6, 6.07) is 19.4. The third kappa shape index (κ3) is 7.23. The minimum atomic E-state index is -0.544. The van der Waals surface area contributed by atoms with E-state index in [1.165, 1.54) is 24.1 Å². The predicted octanol–water partition coefficient (Wildman–Crippen LogP) is 8.80. The summed E-state index contributed by atoms with van der Waals surface area (Å²) in [4.78, 5) is 30.4. The number of hydrogen-bond donors (Lipinski definition) is 0. The standard InChI is InChI=1S/C35H32Br2N4O6/c1-6-46-31-13-21(4)27(17-26(31)20(2)3)34-39-29-10-8-7-9-25(29)35(42)40(34)38-18-22-14-30(41(43)44)33(32(15-22)45-5)47-19-23-11-12-24(36)16-28(23)37/h7-18,20H,6,19H2,1-5H3. The normalized spacial score (nSPS) is 11.4. The van der Waals surface area contributed by atoms with Crippen molar-refractivity contribution in [3.05, 3.63) is 118 Å². The molecule has 0 spiro atoms. The van der Waals surface area contributed by atoms with Crippen LogP contribution in [0.15, 0.2) is 85.6 Å². The third-order valence-corrected chi connectivity index (χ3v) is 8.69. The maximum absolute atomic E-state index is 13.9. The number of ether oxygens (including phenoxy) is 3. The number of halogens is 2. The summed E-state index contributed by atoms with van der Waals surface area (Å²) >= 11 is 6.91. The van der Waals surface area contributed by atoms with Crippen LogP contribution in [0, 0.1) is 17.0 Å². The van der Waals surface area contributed by atoms with Crippen molar-refractivity contribution in [1.29, 1.82) is 0 Å². The molecule has 0 amide bonds. The van der Waals surface area contributed by atoms with Gasteiger partial charge in [-0.05, 0) is 73.4 Å². The number of para-hydroxylation sites is 1. The van der Waals surface area contributed by atoms with Gasteiger partial charge in [0.15, 0.2) is 11.6 Å². The molecular formula is C35H32Br2N4O6. The molecule has 242 valence electrons. The Labute approximate surface area is 288 Å². The molecule has 0 radical (unpaired) electrons. The molecule has 0 aliphatic carbocycles. The van der Waals surface area contributed by atoms with E-state index < -0.39 is 4.92 Å². The van der Waals surface area contributed by atoms with Crippen molar-refractivity contribution in [2.24, 2.45) is 5.10 Å². The zero-order valence-corrected chi connectivity index (χ0v) is 29.6. The van der Waals surface area contributed by atoms with E-state index >= 15 is 0 Å². The second-order valence-electron chi connectivity index (χ2n) is 11.0. The maximum Gasteiger partial charge on any atom is 0.315 e. The summed E-state index contributed by atoms with van der Waals surface area (Å²) in [5.74, 6) is 1.35. The van der Waals surface area contributed by atoms with E-state index in [1.54, 1.807) is 24.3 Å². The quantitative estimate of drug-likeness (QED) is 0.0750. The van der Waals surface area contributed by atoms with Crippen LogP contribution < -0.4 is 19.8 Å². The van der Waals surface area contributed by atoms with Crippen LogP contribution in [-0.2, 0) is 6.61 Å². The van der Waals surface area contributed by atoms with Gasteiger partial charge in [-0.25, -0.2) is 4.98 Å². The van der Waals surface area contributed by atoms with Crippen molar-refractivity contribution in [2.75, 3.05) is 13.7 Å². The second kappa shape index (κ2) is 14.5. The fourth-order valence-electron chi connectivity index (χ4n) is 5.10. The van der Waals surface area contributed by atoms with Crippen LogP contribution in [0.1, 0.15) is 48.9 Å². The van der Waals surface area contributed by atoms with Gasteiger partial charge in [-0.3, -0.25) is 14.9 Å². The van der Waals surface area contributed by atoms with Crippen LogP contribution in [0.5, 0.6) is 17.2 Å². The van der Waals surface area contributed by atoms with Gasteiger partial charge in [-0.15, -0.1) is 0 Å². The highest BCUT2D eigenvalue weighted by molar-refractivity contribution is 9.11. The van der Waals surface area contributed by atoms with Crippen molar-refractivity contribution in [1.82, 2.24) is 9.66 Å². The third-order valence-electron chi connectivity index (χ3n) is 7.46. The minimum Gasteiger partial charge on any atom is -0.494 e. The van der Waals surface area contributed by atoms with Gasteiger partial charge in [0.25, 0.3) is 5.56 Å². The average Bonchev–Trinajstić information content (AvgIpc) is 3.04. The zero-order valence-electron chi connectivity index (χ0n) is 26.4. The summed E-state index contributed by atoms with van der Waals surface area (Å²) < 4.78 is 20.2. The molecule has 10 nitrogen and oxygen atoms in total. The van der Waals surface area contributed by atoms with Crippen LogP contribution in [-0.4, -0.2) is 34.5 Å². The summed E-state index contributed by atoms with van der Waals surface area (Å²) in [5, 5.41) is 17.1. The molecule has 1 aromatic heterocycles. The van der Waals surface area contributed by atoms with Gasteiger partial charge in [0.1, 0.15) is 12.4 Å². The molecule has 0 aliphatic heterocycles. The van der Waals surface area contributed by atoms with E-state index in [4.69, 9.17) is 19.2 Å². The molecule has 47 heavy (non-hydrogen) atoms. The smallest absolute Gasteiger partial charge is 0.315 e. The van der Waals surface area contributed by atoms with Crippen LogP contribution in [0.4, 0.5) is 5.69 Å². The van der Waals surface area contributed by atoms with E-state index in [2.05, 4.69) is 50.8 Å². The summed E-state index contributed by atoms with van der Waals surface area (Å²) in [7, 11) is 1.40. The number of nitro groups is 1. The van der Waals surface area contributed by atoms with Crippen LogP contribution in [0.2, 0.25) is 0 Å². The predicted molar refractivity (Wildman–Crippen MR) is 190 cm³/mol. The lowest BCUT2D eigenvalue weighted by molar-refractivity contribution is -0.386.